The highest BCUT2D eigenvalue weighted by Gasteiger charge is 2.30. The fraction of sp³-hybridized carbons (Fsp3) is 0.882. The minimum Gasteiger partial charge on any atom is -0.466 e. The van der Waals surface area contributed by atoms with E-state index in [-0.39, 0.29) is 30.2 Å². The number of carbonyl (C=O) groups excluding carboxylic acids is 2. The molecule has 0 aliphatic carbocycles. The first-order valence-electron chi connectivity index (χ1n) is 8.77. The first kappa shape index (κ1) is 20.2. The van der Waals surface area contributed by atoms with Crippen molar-refractivity contribution in [2.45, 2.75) is 46.0 Å². The minimum absolute atomic E-state index is 0. The van der Waals surface area contributed by atoms with Gasteiger partial charge in [0.1, 0.15) is 0 Å². The van der Waals surface area contributed by atoms with Gasteiger partial charge in [0.15, 0.2) is 0 Å². The van der Waals surface area contributed by atoms with Gasteiger partial charge in [-0.15, -0.1) is 12.4 Å². The van der Waals surface area contributed by atoms with Gasteiger partial charge in [-0.25, -0.2) is 0 Å². The molecule has 134 valence electrons. The van der Waals surface area contributed by atoms with Crippen molar-refractivity contribution in [1.29, 1.82) is 0 Å². The molecule has 0 aromatic carbocycles. The maximum absolute atomic E-state index is 12.4. The van der Waals surface area contributed by atoms with Gasteiger partial charge in [-0.05, 0) is 57.5 Å². The molecule has 23 heavy (non-hydrogen) atoms. The molecule has 0 aromatic rings. The van der Waals surface area contributed by atoms with Crippen LogP contribution in [0.3, 0.4) is 0 Å². The molecule has 2 aliphatic rings. The lowest BCUT2D eigenvalue weighted by molar-refractivity contribution is -0.151. The summed E-state index contributed by atoms with van der Waals surface area (Å²) in [5.41, 5.74) is 0. The molecule has 2 fully saturated rings. The van der Waals surface area contributed by atoms with Gasteiger partial charge in [0.25, 0.3) is 0 Å². The molecule has 0 saturated carbocycles. The van der Waals surface area contributed by atoms with Crippen LogP contribution >= 0.6 is 12.4 Å². The normalized spacial score (nSPS) is 23.7. The van der Waals surface area contributed by atoms with Gasteiger partial charge >= 0.3 is 5.97 Å². The molecular formula is C17H31ClN2O3. The van der Waals surface area contributed by atoms with Crippen molar-refractivity contribution in [2.24, 2.45) is 17.8 Å². The monoisotopic (exact) mass is 346 g/mol. The molecule has 2 atom stereocenters. The second-order valence-electron chi connectivity index (χ2n) is 6.69. The number of likely N-dealkylation sites (tertiary alicyclic amines) is 1. The highest BCUT2D eigenvalue weighted by atomic mass is 35.5. The van der Waals surface area contributed by atoms with Gasteiger partial charge in [-0.3, -0.25) is 9.59 Å². The van der Waals surface area contributed by atoms with Gasteiger partial charge in [-0.2, -0.15) is 0 Å². The van der Waals surface area contributed by atoms with E-state index in [9.17, 15) is 9.59 Å². The maximum Gasteiger partial charge on any atom is 0.309 e. The van der Waals surface area contributed by atoms with Crippen LogP contribution < -0.4 is 5.32 Å². The van der Waals surface area contributed by atoms with Gasteiger partial charge in [0, 0.05) is 19.5 Å². The molecule has 1 N–H and O–H groups in total. The highest BCUT2D eigenvalue weighted by Crippen LogP contribution is 2.25. The summed E-state index contributed by atoms with van der Waals surface area (Å²) in [7, 11) is 0. The van der Waals surface area contributed by atoms with Gasteiger partial charge < -0.3 is 15.0 Å². The number of amides is 1. The van der Waals surface area contributed by atoms with Crippen molar-refractivity contribution in [1.82, 2.24) is 10.2 Å². The number of halogens is 1. The summed E-state index contributed by atoms with van der Waals surface area (Å²) in [6.45, 7) is 8.00. The Hall–Kier alpha value is -0.810. The average molecular weight is 347 g/mol. The maximum atomic E-state index is 12.4. The number of piperidine rings is 2. The molecule has 5 nitrogen and oxygen atoms in total. The smallest absolute Gasteiger partial charge is 0.309 e. The molecule has 6 heteroatoms. The van der Waals surface area contributed by atoms with Crippen LogP contribution in [0.5, 0.6) is 0 Å². The Bertz CT molecular complexity index is 378. The molecule has 0 aromatic heterocycles. The fourth-order valence-corrected chi connectivity index (χ4v) is 3.56. The van der Waals surface area contributed by atoms with Crippen molar-refractivity contribution >= 4 is 24.3 Å². The van der Waals surface area contributed by atoms with Crippen LogP contribution in [-0.2, 0) is 14.3 Å². The second kappa shape index (κ2) is 10.1. The van der Waals surface area contributed by atoms with E-state index in [1.807, 2.05) is 11.8 Å². The van der Waals surface area contributed by atoms with Crippen molar-refractivity contribution in [2.75, 3.05) is 32.8 Å². The Balaban J connectivity index is 0.00000264. The molecule has 1 amide bonds. The topological polar surface area (TPSA) is 58.6 Å². The number of carbonyl (C=O) groups is 2. The van der Waals surface area contributed by atoms with Crippen LogP contribution in [0.2, 0.25) is 0 Å². The number of rotatable bonds is 5. The lowest BCUT2D eigenvalue weighted by atomic mass is 9.85. The first-order valence-corrected chi connectivity index (χ1v) is 8.77. The van der Waals surface area contributed by atoms with E-state index in [0.29, 0.717) is 38.0 Å². The third-order valence-corrected chi connectivity index (χ3v) is 5.10. The molecule has 0 spiro atoms. The molecular weight excluding hydrogens is 316 g/mol. The van der Waals surface area contributed by atoms with Crippen molar-refractivity contribution in [3.63, 3.8) is 0 Å². The summed E-state index contributed by atoms with van der Waals surface area (Å²) in [6, 6.07) is 0. The number of hydrogen-bond acceptors (Lipinski definition) is 4. The summed E-state index contributed by atoms with van der Waals surface area (Å²) < 4.78 is 5.07. The van der Waals surface area contributed by atoms with Crippen molar-refractivity contribution < 1.29 is 14.3 Å². The summed E-state index contributed by atoms with van der Waals surface area (Å²) >= 11 is 0. The lowest BCUT2D eigenvalue weighted by Crippen LogP contribution is -2.42. The number of ether oxygens (including phenoxy) is 1. The van der Waals surface area contributed by atoms with Gasteiger partial charge in [-0.1, -0.05) is 6.92 Å². The minimum atomic E-state index is -0.101. The van der Waals surface area contributed by atoms with E-state index in [4.69, 9.17) is 4.74 Å². The fourth-order valence-electron chi connectivity index (χ4n) is 3.56. The predicted molar refractivity (Wildman–Crippen MR) is 92.6 cm³/mol. The summed E-state index contributed by atoms with van der Waals surface area (Å²) in [6.07, 6.45) is 4.56. The van der Waals surface area contributed by atoms with E-state index in [0.717, 1.165) is 25.9 Å². The van der Waals surface area contributed by atoms with Crippen LogP contribution in [0.1, 0.15) is 46.0 Å². The molecule has 2 unspecified atom stereocenters. The zero-order valence-corrected chi connectivity index (χ0v) is 15.2. The van der Waals surface area contributed by atoms with Gasteiger partial charge in [0.2, 0.25) is 5.91 Å². The molecule has 0 bridgehead atoms. The standard InChI is InChI=1S/C17H30N2O3.ClH/c1-3-22-17(21)14-6-9-19(10-7-14)16(20)11-13(2)15-5-4-8-18-12-15;/h13-15,18H,3-12H2,1-2H3;1H. The number of hydrogen-bond donors (Lipinski definition) is 1. The summed E-state index contributed by atoms with van der Waals surface area (Å²) in [5, 5.41) is 3.42. The SMILES string of the molecule is CCOC(=O)C1CCN(C(=O)CC(C)C2CCCNC2)CC1.Cl. The van der Waals surface area contributed by atoms with Crippen LogP contribution in [0.4, 0.5) is 0 Å². The van der Waals surface area contributed by atoms with E-state index in [1.54, 1.807) is 0 Å². The first-order chi connectivity index (χ1) is 10.6. The molecule has 2 heterocycles. The van der Waals surface area contributed by atoms with Crippen LogP contribution in [-0.4, -0.2) is 49.6 Å². The Labute approximate surface area is 145 Å². The summed E-state index contributed by atoms with van der Waals surface area (Å²) in [4.78, 5) is 26.1. The zero-order chi connectivity index (χ0) is 15.9. The lowest BCUT2D eigenvalue weighted by Gasteiger charge is -2.33. The van der Waals surface area contributed by atoms with E-state index in [1.165, 1.54) is 12.8 Å². The van der Waals surface area contributed by atoms with E-state index in [2.05, 4.69) is 12.2 Å². The van der Waals surface area contributed by atoms with Crippen molar-refractivity contribution in [3.8, 4) is 0 Å². The third kappa shape index (κ3) is 5.96. The molecule has 2 aliphatic heterocycles. The molecule has 0 radical (unpaired) electrons. The zero-order valence-electron chi connectivity index (χ0n) is 14.4. The molecule has 2 rings (SSSR count). The largest absolute Gasteiger partial charge is 0.466 e. The van der Waals surface area contributed by atoms with E-state index < -0.39 is 0 Å². The average Bonchev–Trinajstić information content (AvgIpc) is 2.56. The number of nitrogens with zero attached hydrogens (tertiary/aromatic N) is 1. The van der Waals surface area contributed by atoms with E-state index >= 15 is 0 Å². The third-order valence-electron chi connectivity index (χ3n) is 5.10. The van der Waals surface area contributed by atoms with Gasteiger partial charge in [0.05, 0.1) is 12.5 Å². The van der Waals surface area contributed by atoms with Crippen LogP contribution in [0, 0.1) is 17.8 Å². The predicted octanol–water partition coefficient (Wildman–Crippen LogP) is 2.24. The quantitative estimate of drug-likeness (QED) is 0.775. The van der Waals surface area contributed by atoms with Crippen LogP contribution in [0.15, 0.2) is 0 Å². The second-order valence-corrected chi connectivity index (χ2v) is 6.69. The van der Waals surface area contributed by atoms with Crippen LogP contribution in [0.25, 0.3) is 0 Å². The Morgan fingerprint density at radius 2 is 1.96 bits per heavy atom. The highest BCUT2D eigenvalue weighted by molar-refractivity contribution is 5.85. The molecule has 2 saturated heterocycles. The Morgan fingerprint density at radius 3 is 2.52 bits per heavy atom. The van der Waals surface area contributed by atoms with Crippen molar-refractivity contribution in [3.05, 3.63) is 0 Å². The Kier molecular flexibility index (Phi) is 8.92. The summed E-state index contributed by atoms with van der Waals surface area (Å²) in [5.74, 6) is 1.18. The Morgan fingerprint density at radius 1 is 1.26 bits per heavy atom. The number of esters is 1. The number of nitrogens with one attached hydrogen (secondary N) is 1.